The molecule has 1 aromatic heterocycles. The minimum Gasteiger partial charge on any atom is -0.320 e. The van der Waals surface area contributed by atoms with Gasteiger partial charge in [-0.05, 0) is 47.7 Å². The lowest BCUT2D eigenvalue weighted by Gasteiger charge is -2.05. The van der Waals surface area contributed by atoms with Crippen LogP contribution in [0.2, 0.25) is 0 Å². The molecule has 0 aliphatic carbocycles. The van der Waals surface area contributed by atoms with Crippen molar-refractivity contribution in [2.24, 2.45) is 0 Å². The van der Waals surface area contributed by atoms with Crippen molar-refractivity contribution >= 4 is 45.5 Å². The van der Waals surface area contributed by atoms with Gasteiger partial charge in [0, 0.05) is 8.95 Å². The van der Waals surface area contributed by atoms with Gasteiger partial charge in [-0.3, -0.25) is 4.79 Å². The van der Waals surface area contributed by atoms with Crippen LogP contribution in [0.5, 0.6) is 0 Å². The number of rotatable bonds is 2. The Morgan fingerprint density at radius 1 is 1.53 bits per heavy atom. The molecule has 1 amide bonds. The third-order valence-electron chi connectivity index (χ3n) is 2.03. The summed E-state index contributed by atoms with van der Waals surface area (Å²) in [6, 6.07) is 4.21. The maximum Gasteiger partial charge on any atom is 0.275 e. The number of anilines is 1. The number of hydrogen-bond donors (Lipinski definition) is 1. The summed E-state index contributed by atoms with van der Waals surface area (Å²) in [6.07, 6.45) is 0. The molecule has 6 heteroatoms. The van der Waals surface area contributed by atoms with Crippen molar-refractivity contribution in [2.45, 2.75) is 6.92 Å². The number of carbonyl (C=O) groups excluding carboxylic acids is 1. The van der Waals surface area contributed by atoms with Crippen molar-refractivity contribution in [1.29, 1.82) is 0 Å². The number of aryl methyl sites for hydroxylation is 1. The molecule has 0 aliphatic rings. The lowest BCUT2D eigenvalue weighted by atomic mass is 10.3. The topological polar surface area (TPSA) is 42.0 Å². The highest BCUT2D eigenvalue weighted by molar-refractivity contribution is 14.1. The van der Waals surface area contributed by atoms with Gasteiger partial charge in [0.1, 0.15) is 11.5 Å². The predicted molar refractivity (Wildman–Crippen MR) is 73.9 cm³/mol. The first-order valence-electron chi connectivity index (χ1n) is 4.75. The van der Waals surface area contributed by atoms with Gasteiger partial charge in [0.05, 0.1) is 10.7 Å². The Morgan fingerprint density at radius 3 is 2.88 bits per heavy atom. The summed E-state index contributed by atoms with van der Waals surface area (Å²) in [6.45, 7) is 1.84. The smallest absolute Gasteiger partial charge is 0.275 e. The fourth-order valence-electron chi connectivity index (χ4n) is 1.24. The first-order chi connectivity index (χ1) is 8.06. The van der Waals surface area contributed by atoms with Crippen molar-refractivity contribution in [3.05, 3.63) is 43.7 Å². The van der Waals surface area contributed by atoms with Crippen LogP contribution in [-0.4, -0.2) is 10.9 Å². The van der Waals surface area contributed by atoms with Crippen LogP contribution >= 0.6 is 33.9 Å². The number of thiazole rings is 1. The monoisotopic (exact) mass is 362 g/mol. The Bertz CT molecular complexity index is 570. The maximum absolute atomic E-state index is 12.9. The van der Waals surface area contributed by atoms with Gasteiger partial charge in [0.2, 0.25) is 0 Å². The standard InChI is InChI=1S/C11H8FIN2OS/c1-6-14-10(5-17-6)11(16)15-9-3-2-7(12)4-8(9)13/h2-5H,1H3,(H,15,16). The van der Waals surface area contributed by atoms with Gasteiger partial charge in [-0.1, -0.05) is 0 Å². The lowest BCUT2D eigenvalue weighted by Crippen LogP contribution is -2.13. The maximum atomic E-state index is 12.9. The molecule has 2 aromatic rings. The molecule has 1 heterocycles. The Hall–Kier alpha value is -1.02. The van der Waals surface area contributed by atoms with Crippen LogP contribution in [-0.2, 0) is 0 Å². The fourth-order valence-corrected chi connectivity index (χ4v) is 2.45. The number of nitrogens with one attached hydrogen (secondary N) is 1. The number of carbonyl (C=O) groups is 1. The molecule has 0 fully saturated rings. The number of aromatic nitrogens is 1. The van der Waals surface area contributed by atoms with E-state index in [2.05, 4.69) is 10.3 Å². The molecule has 0 aliphatic heterocycles. The van der Waals surface area contributed by atoms with Crippen molar-refractivity contribution in [2.75, 3.05) is 5.32 Å². The molecule has 0 atom stereocenters. The molecule has 0 unspecified atom stereocenters. The van der Waals surface area contributed by atoms with Crippen LogP contribution in [0.3, 0.4) is 0 Å². The van der Waals surface area contributed by atoms with Crippen molar-refractivity contribution < 1.29 is 9.18 Å². The predicted octanol–water partition coefficient (Wildman–Crippen LogP) is 3.45. The molecule has 0 spiro atoms. The van der Waals surface area contributed by atoms with E-state index in [4.69, 9.17) is 0 Å². The van der Waals surface area contributed by atoms with Crippen molar-refractivity contribution in [1.82, 2.24) is 4.98 Å². The third-order valence-corrected chi connectivity index (χ3v) is 3.70. The highest BCUT2D eigenvalue weighted by atomic mass is 127. The fraction of sp³-hybridized carbons (Fsp3) is 0.0909. The van der Waals surface area contributed by atoms with Crippen LogP contribution in [0.25, 0.3) is 0 Å². The van der Waals surface area contributed by atoms with E-state index < -0.39 is 0 Å². The third kappa shape index (κ3) is 3.01. The summed E-state index contributed by atoms with van der Waals surface area (Å²) in [5.41, 5.74) is 0.968. The van der Waals surface area contributed by atoms with Crippen LogP contribution in [0.1, 0.15) is 15.5 Å². The Labute approximate surface area is 115 Å². The van der Waals surface area contributed by atoms with E-state index in [1.165, 1.54) is 29.5 Å². The molecule has 2 rings (SSSR count). The van der Waals surface area contributed by atoms with Gasteiger partial charge < -0.3 is 5.32 Å². The molecule has 1 aromatic carbocycles. The average molecular weight is 362 g/mol. The zero-order valence-corrected chi connectivity index (χ0v) is 11.8. The second kappa shape index (κ2) is 5.09. The van der Waals surface area contributed by atoms with Gasteiger partial charge in [-0.2, -0.15) is 0 Å². The molecular formula is C11H8FIN2OS. The summed E-state index contributed by atoms with van der Waals surface area (Å²) >= 11 is 3.39. The number of halogens is 2. The highest BCUT2D eigenvalue weighted by Gasteiger charge is 2.11. The van der Waals surface area contributed by atoms with E-state index in [1.54, 1.807) is 5.38 Å². The van der Waals surface area contributed by atoms with Gasteiger partial charge in [0.15, 0.2) is 0 Å². The molecule has 1 N–H and O–H groups in total. The number of benzene rings is 1. The van der Waals surface area contributed by atoms with E-state index in [-0.39, 0.29) is 11.7 Å². The van der Waals surface area contributed by atoms with E-state index in [0.717, 1.165) is 5.01 Å². The summed E-state index contributed by atoms with van der Waals surface area (Å²) in [7, 11) is 0. The Kier molecular flexibility index (Phi) is 3.72. The molecule has 17 heavy (non-hydrogen) atoms. The van der Waals surface area contributed by atoms with Crippen LogP contribution < -0.4 is 5.32 Å². The summed E-state index contributed by atoms with van der Waals surface area (Å²) in [5, 5.41) is 5.23. The zero-order chi connectivity index (χ0) is 12.4. The number of amides is 1. The second-order valence-corrected chi connectivity index (χ2v) is 5.55. The molecular weight excluding hydrogens is 354 g/mol. The van der Waals surface area contributed by atoms with E-state index in [1.807, 2.05) is 29.5 Å². The average Bonchev–Trinajstić information content (AvgIpc) is 2.69. The first kappa shape index (κ1) is 12.4. The molecule has 3 nitrogen and oxygen atoms in total. The molecule has 0 radical (unpaired) electrons. The summed E-state index contributed by atoms with van der Waals surface area (Å²) in [4.78, 5) is 15.9. The van der Waals surface area contributed by atoms with Crippen molar-refractivity contribution in [3.8, 4) is 0 Å². The van der Waals surface area contributed by atoms with Crippen LogP contribution in [0.4, 0.5) is 10.1 Å². The quantitative estimate of drug-likeness (QED) is 0.832. The van der Waals surface area contributed by atoms with Gasteiger partial charge in [-0.25, -0.2) is 9.37 Å². The second-order valence-electron chi connectivity index (χ2n) is 3.33. The molecule has 88 valence electrons. The number of nitrogens with zero attached hydrogens (tertiary/aromatic N) is 1. The minimum atomic E-state index is -0.322. The SMILES string of the molecule is Cc1nc(C(=O)Nc2ccc(F)cc2I)cs1. The van der Waals surface area contributed by atoms with Gasteiger partial charge in [-0.15, -0.1) is 11.3 Å². The van der Waals surface area contributed by atoms with E-state index >= 15 is 0 Å². The lowest BCUT2D eigenvalue weighted by molar-refractivity contribution is 0.102. The summed E-state index contributed by atoms with van der Waals surface area (Å²) < 4.78 is 13.5. The Morgan fingerprint density at radius 2 is 2.29 bits per heavy atom. The van der Waals surface area contributed by atoms with Gasteiger partial charge >= 0.3 is 0 Å². The normalized spacial score (nSPS) is 10.3. The van der Waals surface area contributed by atoms with E-state index in [9.17, 15) is 9.18 Å². The van der Waals surface area contributed by atoms with Gasteiger partial charge in [0.25, 0.3) is 5.91 Å². The van der Waals surface area contributed by atoms with Crippen LogP contribution in [0.15, 0.2) is 23.6 Å². The minimum absolute atomic E-state index is 0.279. The zero-order valence-electron chi connectivity index (χ0n) is 8.83. The number of hydrogen-bond acceptors (Lipinski definition) is 3. The summed E-state index contributed by atoms with van der Waals surface area (Å²) in [5.74, 6) is -0.601. The van der Waals surface area contributed by atoms with E-state index in [0.29, 0.717) is 15.0 Å². The van der Waals surface area contributed by atoms with Crippen molar-refractivity contribution in [3.63, 3.8) is 0 Å². The van der Waals surface area contributed by atoms with Crippen LogP contribution in [0, 0.1) is 16.3 Å². The molecule has 0 bridgehead atoms. The Balaban J connectivity index is 2.18. The largest absolute Gasteiger partial charge is 0.320 e. The highest BCUT2D eigenvalue weighted by Crippen LogP contribution is 2.20. The first-order valence-corrected chi connectivity index (χ1v) is 6.70. The molecule has 0 saturated heterocycles. The molecule has 0 saturated carbocycles.